The number of aromatic carboxylic acids is 1. The molecule has 0 saturated carbocycles. The van der Waals surface area contributed by atoms with Gasteiger partial charge in [-0.3, -0.25) is 0 Å². The lowest BCUT2D eigenvalue weighted by Crippen LogP contribution is -2.32. The number of aromatic nitrogens is 1. The van der Waals surface area contributed by atoms with Crippen LogP contribution in [0.1, 0.15) is 41.9 Å². The van der Waals surface area contributed by atoms with Gasteiger partial charge in [0.15, 0.2) is 0 Å². The molecule has 0 saturated heterocycles. The highest BCUT2D eigenvalue weighted by Gasteiger charge is 2.15. The van der Waals surface area contributed by atoms with Crippen LogP contribution in [0.25, 0.3) is 6.08 Å². The van der Waals surface area contributed by atoms with Gasteiger partial charge < -0.3 is 15.2 Å². The molecule has 0 atom stereocenters. The van der Waals surface area contributed by atoms with E-state index in [1.165, 1.54) is 6.20 Å². The molecule has 7 heteroatoms. The number of carbonyl (C=O) groups excluding carboxylic acids is 1. The Hall–Kier alpha value is -1.89. The highest BCUT2D eigenvalue weighted by molar-refractivity contribution is 7.14. The molecule has 0 aliphatic heterocycles. The average molecular weight is 298 g/mol. The van der Waals surface area contributed by atoms with Crippen molar-refractivity contribution in [1.29, 1.82) is 0 Å². The van der Waals surface area contributed by atoms with Gasteiger partial charge in [-0.15, -0.1) is 11.3 Å². The topological polar surface area (TPSA) is 88.5 Å². The van der Waals surface area contributed by atoms with Crippen molar-refractivity contribution in [2.45, 2.75) is 32.8 Å². The smallest absolute Gasteiger partial charge is 0.407 e. The number of rotatable bonds is 5. The molecule has 1 rings (SSSR count). The van der Waals surface area contributed by atoms with Crippen molar-refractivity contribution in [1.82, 2.24) is 10.3 Å². The number of nitrogens with zero attached hydrogens (tertiary/aromatic N) is 1. The Bertz CT molecular complexity index is 503. The van der Waals surface area contributed by atoms with E-state index in [2.05, 4.69) is 10.3 Å². The van der Waals surface area contributed by atoms with Crippen molar-refractivity contribution in [3.63, 3.8) is 0 Å². The summed E-state index contributed by atoms with van der Waals surface area (Å²) in [6.07, 6.45) is 5.04. The van der Waals surface area contributed by atoms with Crippen molar-refractivity contribution in [2.75, 3.05) is 6.54 Å². The number of thiazole rings is 1. The summed E-state index contributed by atoms with van der Waals surface area (Å²) in [5, 5.41) is 12.0. The summed E-state index contributed by atoms with van der Waals surface area (Å²) in [7, 11) is 0. The van der Waals surface area contributed by atoms with Gasteiger partial charge in [0.25, 0.3) is 0 Å². The van der Waals surface area contributed by atoms with E-state index >= 15 is 0 Å². The highest BCUT2D eigenvalue weighted by atomic mass is 32.1. The van der Waals surface area contributed by atoms with Crippen molar-refractivity contribution < 1.29 is 19.4 Å². The Morgan fingerprint density at radius 2 is 2.20 bits per heavy atom. The van der Waals surface area contributed by atoms with Crippen molar-refractivity contribution >= 4 is 29.5 Å². The van der Waals surface area contributed by atoms with E-state index in [0.717, 1.165) is 11.3 Å². The van der Waals surface area contributed by atoms with E-state index in [1.807, 2.05) is 6.08 Å². The lowest BCUT2D eigenvalue weighted by molar-refractivity contribution is 0.0528. The Labute approximate surface area is 121 Å². The van der Waals surface area contributed by atoms with Crippen LogP contribution in [0.15, 0.2) is 12.3 Å². The molecule has 0 spiro atoms. The van der Waals surface area contributed by atoms with Crippen molar-refractivity contribution in [2.24, 2.45) is 0 Å². The normalized spacial score (nSPS) is 11.6. The maximum atomic E-state index is 11.3. The van der Waals surface area contributed by atoms with E-state index in [-0.39, 0.29) is 4.88 Å². The Kier molecular flexibility index (Phi) is 5.69. The number of alkyl carbamates (subject to hydrolysis) is 1. The van der Waals surface area contributed by atoms with Crippen LogP contribution in [0.2, 0.25) is 0 Å². The third-order valence-corrected chi connectivity index (χ3v) is 2.92. The van der Waals surface area contributed by atoms with Gasteiger partial charge in [-0.1, -0.05) is 6.08 Å². The number of nitrogens with one attached hydrogen (secondary N) is 1. The minimum Gasteiger partial charge on any atom is -0.477 e. The first kappa shape index (κ1) is 16.2. The van der Waals surface area contributed by atoms with Crippen molar-refractivity contribution in [3.8, 4) is 0 Å². The van der Waals surface area contributed by atoms with Crippen LogP contribution in [-0.4, -0.2) is 34.3 Å². The van der Waals surface area contributed by atoms with Crippen LogP contribution in [0.3, 0.4) is 0 Å². The number of hydrogen-bond donors (Lipinski definition) is 2. The van der Waals surface area contributed by atoms with Gasteiger partial charge in [-0.25, -0.2) is 14.6 Å². The van der Waals surface area contributed by atoms with Gasteiger partial charge in [0, 0.05) is 6.54 Å². The molecule has 0 fully saturated rings. The van der Waals surface area contributed by atoms with Gasteiger partial charge >= 0.3 is 12.1 Å². The monoisotopic (exact) mass is 298 g/mol. The van der Waals surface area contributed by atoms with Gasteiger partial charge in [0.05, 0.1) is 6.20 Å². The predicted molar refractivity (Wildman–Crippen MR) is 77.0 cm³/mol. The Morgan fingerprint density at radius 1 is 1.50 bits per heavy atom. The maximum Gasteiger partial charge on any atom is 0.407 e. The summed E-state index contributed by atoms with van der Waals surface area (Å²) < 4.78 is 5.08. The second-order valence-electron chi connectivity index (χ2n) is 4.99. The van der Waals surface area contributed by atoms with Crippen LogP contribution in [-0.2, 0) is 4.74 Å². The number of carboxylic acid groups (broad SMARTS) is 1. The predicted octanol–water partition coefficient (Wildman–Crippen LogP) is 2.77. The fraction of sp³-hybridized carbons (Fsp3) is 0.462. The molecule has 2 N–H and O–H groups in total. The minimum atomic E-state index is -0.978. The van der Waals surface area contributed by atoms with Crippen molar-refractivity contribution in [3.05, 3.63) is 22.2 Å². The molecule has 1 heterocycles. The zero-order chi connectivity index (χ0) is 15.2. The number of hydrogen-bond acceptors (Lipinski definition) is 5. The van der Waals surface area contributed by atoms with Crippen LogP contribution in [0.4, 0.5) is 4.79 Å². The standard InChI is InChI=1S/C13H18N2O4S/c1-13(2,3)19-12(18)14-7-5-4-6-10-15-8-9(20-10)11(16)17/h4,6,8H,5,7H2,1-3H3,(H,14,18)(H,16,17). The Morgan fingerprint density at radius 3 is 2.75 bits per heavy atom. The Balaban J connectivity index is 2.28. The van der Waals surface area contributed by atoms with E-state index in [0.29, 0.717) is 18.0 Å². The fourth-order valence-corrected chi connectivity index (χ4v) is 1.91. The zero-order valence-electron chi connectivity index (χ0n) is 11.7. The van der Waals surface area contributed by atoms with Gasteiger partial charge in [-0.05, 0) is 33.3 Å². The quantitative estimate of drug-likeness (QED) is 0.816. The molecule has 0 bridgehead atoms. The van der Waals surface area contributed by atoms with E-state index in [4.69, 9.17) is 9.84 Å². The highest BCUT2D eigenvalue weighted by Crippen LogP contribution is 2.14. The summed E-state index contributed by atoms with van der Waals surface area (Å²) in [4.78, 5) is 26.2. The summed E-state index contributed by atoms with van der Waals surface area (Å²) in [5.41, 5.74) is -0.506. The molecule has 0 aliphatic carbocycles. The molecule has 1 aromatic rings. The second-order valence-corrected chi connectivity index (χ2v) is 6.05. The molecule has 0 aromatic carbocycles. The van der Waals surface area contributed by atoms with Crippen LogP contribution < -0.4 is 5.32 Å². The van der Waals surface area contributed by atoms with Gasteiger partial charge in [0.2, 0.25) is 0 Å². The van der Waals surface area contributed by atoms with Crippen LogP contribution in [0, 0.1) is 0 Å². The fourth-order valence-electron chi connectivity index (χ4n) is 1.22. The second kappa shape index (κ2) is 7.04. The third-order valence-electron chi connectivity index (χ3n) is 1.97. The molecular weight excluding hydrogens is 280 g/mol. The molecule has 20 heavy (non-hydrogen) atoms. The first-order valence-corrected chi connectivity index (χ1v) is 6.92. The summed E-state index contributed by atoms with van der Waals surface area (Å²) >= 11 is 1.10. The van der Waals surface area contributed by atoms with E-state index in [1.54, 1.807) is 26.8 Å². The molecule has 0 unspecified atom stereocenters. The molecule has 1 aromatic heterocycles. The summed E-state index contributed by atoms with van der Waals surface area (Å²) in [5.74, 6) is -0.978. The molecule has 110 valence electrons. The largest absolute Gasteiger partial charge is 0.477 e. The first-order chi connectivity index (χ1) is 9.28. The maximum absolute atomic E-state index is 11.3. The number of ether oxygens (including phenoxy) is 1. The average Bonchev–Trinajstić information content (AvgIpc) is 2.75. The van der Waals surface area contributed by atoms with Gasteiger partial charge in [-0.2, -0.15) is 0 Å². The number of carboxylic acids is 1. The third kappa shape index (κ3) is 6.33. The summed E-state index contributed by atoms with van der Waals surface area (Å²) in [6.45, 7) is 5.85. The molecule has 0 radical (unpaired) electrons. The zero-order valence-corrected chi connectivity index (χ0v) is 12.5. The number of carbonyl (C=O) groups is 2. The summed E-state index contributed by atoms with van der Waals surface area (Å²) in [6, 6.07) is 0. The minimum absolute atomic E-state index is 0.205. The number of amides is 1. The van der Waals surface area contributed by atoms with Crippen LogP contribution >= 0.6 is 11.3 Å². The van der Waals surface area contributed by atoms with E-state index in [9.17, 15) is 9.59 Å². The molecule has 1 amide bonds. The van der Waals surface area contributed by atoms with Gasteiger partial charge in [0.1, 0.15) is 15.5 Å². The molecule has 6 nitrogen and oxygen atoms in total. The van der Waals surface area contributed by atoms with Crippen LogP contribution in [0.5, 0.6) is 0 Å². The lowest BCUT2D eigenvalue weighted by atomic mass is 10.2. The molecular formula is C13H18N2O4S. The molecule has 0 aliphatic rings. The SMILES string of the molecule is CC(C)(C)OC(=O)NCCC=Cc1ncc(C(=O)O)s1. The first-order valence-electron chi connectivity index (χ1n) is 6.10. The van der Waals surface area contributed by atoms with E-state index < -0.39 is 17.7 Å². The lowest BCUT2D eigenvalue weighted by Gasteiger charge is -2.19.